The fourth-order valence-electron chi connectivity index (χ4n) is 2.07. The first-order valence-corrected chi connectivity index (χ1v) is 6.76. The molecule has 2 unspecified atom stereocenters. The zero-order valence-corrected chi connectivity index (χ0v) is 12.3. The highest BCUT2D eigenvalue weighted by atomic mass is 32.1. The van der Waals surface area contributed by atoms with Crippen LogP contribution in [0.5, 0.6) is 0 Å². The van der Waals surface area contributed by atoms with Crippen molar-refractivity contribution in [2.24, 2.45) is 11.8 Å². The second-order valence-electron chi connectivity index (χ2n) is 5.13. The summed E-state index contributed by atoms with van der Waals surface area (Å²) in [6, 6.07) is 7.19. The second-order valence-corrected chi connectivity index (χ2v) is 5.36. The van der Waals surface area contributed by atoms with Crippen molar-refractivity contribution < 1.29 is 9.59 Å². The molecule has 2 radical (unpaired) electrons. The summed E-state index contributed by atoms with van der Waals surface area (Å²) in [5.41, 5.74) is 1.57. The molecule has 0 aliphatic carbocycles. The van der Waals surface area contributed by atoms with Gasteiger partial charge in [0.2, 0.25) is 6.29 Å². The van der Waals surface area contributed by atoms with E-state index >= 15 is 0 Å². The maximum Gasteiger partial charge on any atom is 0.202 e. The Hall–Kier alpha value is -1.35. The molecular formula is C16H18O2S. The Balaban J connectivity index is 2.98. The average Bonchev–Trinajstić information content (AvgIpc) is 2.38. The van der Waals surface area contributed by atoms with Crippen LogP contribution in [0, 0.1) is 11.8 Å². The third-order valence-electron chi connectivity index (χ3n) is 3.08. The topological polar surface area (TPSA) is 34.1 Å². The maximum atomic E-state index is 11.2. The van der Waals surface area contributed by atoms with Crippen LogP contribution in [-0.4, -0.2) is 17.4 Å². The van der Waals surface area contributed by atoms with Crippen LogP contribution in [0.15, 0.2) is 24.3 Å². The Morgan fingerprint density at radius 2 is 1.84 bits per heavy atom. The molecule has 0 amide bonds. The Bertz CT molecular complexity index is 448. The minimum Gasteiger partial charge on any atom is -0.295 e. The minimum atomic E-state index is -0.277. The van der Waals surface area contributed by atoms with Gasteiger partial charge in [-0.25, -0.2) is 0 Å². The van der Waals surface area contributed by atoms with Gasteiger partial charge in [-0.1, -0.05) is 50.3 Å². The van der Waals surface area contributed by atoms with Gasteiger partial charge in [0.05, 0.1) is 0 Å². The van der Waals surface area contributed by atoms with Crippen molar-refractivity contribution in [1.82, 2.24) is 0 Å². The number of hydrogen-bond acceptors (Lipinski definition) is 3. The molecule has 0 aliphatic heterocycles. The number of Topliss-reactive ketones (excluding diaryl/α,β-unsaturated/α-hetero) is 1. The molecule has 1 rings (SSSR count). The fourth-order valence-corrected chi connectivity index (χ4v) is 2.37. The van der Waals surface area contributed by atoms with Crippen molar-refractivity contribution in [2.75, 3.05) is 0 Å². The number of hydrogen-bond donors (Lipinski definition) is 0. The monoisotopic (exact) mass is 274 g/mol. The number of thiocarbonyl (C=S) groups is 1. The molecule has 2 nitrogen and oxygen atoms in total. The van der Waals surface area contributed by atoms with Crippen LogP contribution in [0.3, 0.4) is 0 Å². The zero-order valence-electron chi connectivity index (χ0n) is 11.5. The van der Waals surface area contributed by atoms with Gasteiger partial charge in [-0.3, -0.25) is 9.59 Å². The van der Waals surface area contributed by atoms with E-state index in [1.165, 1.54) is 6.92 Å². The van der Waals surface area contributed by atoms with Crippen LogP contribution < -0.4 is 0 Å². The van der Waals surface area contributed by atoms with E-state index in [0.717, 1.165) is 12.0 Å². The van der Waals surface area contributed by atoms with Crippen molar-refractivity contribution >= 4 is 29.7 Å². The van der Waals surface area contributed by atoms with Gasteiger partial charge in [-0.2, -0.15) is 0 Å². The van der Waals surface area contributed by atoms with E-state index in [2.05, 4.69) is 25.5 Å². The van der Waals surface area contributed by atoms with E-state index in [1.54, 1.807) is 12.1 Å². The molecule has 0 saturated carbocycles. The number of ketones is 1. The molecule has 0 heterocycles. The van der Waals surface area contributed by atoms with Crippen molar-refractivity contribution in [3.63, 3.8) is 0 Å². The Morgan fingerprint density at radius 3 is 2.21 bits per heavy atom. The Morgan fingerprint density at radius 1 is 1.26 bits per heavy atom. The molecule has 0 saturated heterocycles. The zero-order chi connectivity index (χ0) is 14.4. The second kappa shape index (κ2) is 7.29. The third kappa shape index (κ3) is 4.35. The van der Waals surface area contributed by atoms with E-state index in [9.17, 15) is 9.59 Å². The summed E-state index contributed by atoms with van der Waals surface area (Å²) in [5, 5.41) is 2.76. The lowest BCUT2D eigenvalue weighted by Crippen LogP contribution is -2.17. The van der Waals surface area contributed by atoms with E-state index in [4.69, 9.17) is 12.2 Å². The van der Waals surface area contributed by atoms with Crippen molar-refractivity contribution in [2.45, 2.75) is 33.1 Å². The van der Waals surface area contributed by atoms with Crippen molar-refractivity contribution in [3.8, 4) is 0 Å². The highest BCUT2D eigenvalue weighted by Crippen LogP contribution is 2.27. The molecule has 1 aromatic carbocycles. The minimum absolute atomic E-state index is 0.0233. The number of carbonyl (C=O) groups excluding carboxylic acids is 2. The van der Waals surface area contributed by atoms with Gasteiger partial charge in [0.15, 0.2) is 5.78 Å². The molecule has 0 aromatic heterocycles. The molecule has 3 heteroatoms. The summed E-state index contributed by atoms with van der Waals surface area (Å²) in [4.78, 5) is 22.4. The number of carbonyl (C=O) groups is 1. The molecule has 19 heavy (non-hydrogen) atoms. The number of benzene rings is 1. The molecule has 2 atom stereocenters. The summed E-state index contributed by atoms with van der Waals surface area (Å²) in [7, 11) is 0. The van der Waals surface area contributed by atoms with Crippen LogP contribution in [-0.2, 0) is 4.79 Å². The van der Waals surface area contributed by atoms with Crippen LogP contribution in [0.25, 0.3) is 0 Å². The lowest BCUT2D eigenvalue weighted by atomic mass is 9.83. The summed E-state index contributed by atoms with van der Waals surface area (Å²) >= 11 is 4.94. The first-order chi connectivity index (χ1) is 8.99. The van der Waals surface area contributed by atoms with Crippen LogP contribution in [0.4, 0.5) is 0 Å². The molecule has 0 fully saturated rings. The normalized spacial score (nSPS) is 13.9. The first-order valence-electron chi connectivity index (χ1n) is 6.35. The third-order valence-corrected chi connectivity index (χ3v) is 3.34. The maximum absolute atomic E-state index is 11.2. The lowest BCUT2D eigenvalue weighted by molar-refractivity contribution is 0.101. The smallest absolute Gasteiger partial charge is 0.202 e. The number of rotatable bonds is 7. The summed E-state index contributed by atoms with van der Waals surface area (Å²) in [6.45, 7) is 5.64. The fraction of sp³-hybridized carbons (Fsp3) is 0.438. The van der Waals surface area contributed by atoms with E-state index < -0.39 is 0 Å². The van der Waals surface area contributed by atoms with Gasteiger partial charge < -0.3 is 0 Å². The summed E-state index contributed by atoms with van der Waals surface area (Å²) in [5.74, 6) is -0.0968. The largest absolute Gasteiger partial charge is 0.295 e. The lowest BCUT2D eigenvalue weighted by Gasteiger charge is -2.20. The molecule has 0 bridgehead atoms. The quantitative estimate of drug-likeness (QED) is 0.562. The standard InChI is InChI=1S/C16H18O2S/c1-11(2)8-15(9-17)16(10-19)14-6-4-13(5-7-14)12(3)18/h4-7,11,15-16H,8H2,1-3H3. The molecule has 0 spiro atoms. The predicted octanol–water partition coefficient (Wildman–Crippen LogP) is 3.62. The SMILES string of the molecule is CC(=O)c1ccc(C([C]=S)C([C]=O)CC(C)C)cc1. The summed E-state index contributed by atoms with van der Waals surface area (Å²) < 4.78 is 0. The van der Waals surface area contributed by atoms with Crippen molar-refractivity contribution in [1.29, 1.82) is 0 Å². The van der Waals surface area contributed by atoms with Gasteiger partial charge in [-0.05, 0) is 24.8 Å². The van der Waals surface area contributed by atoms with E-state index in [-0.39, 0.29) is 17.6 Å². The van der Waals surface area contributed by atoms with E-state index in [0.29, 0.717) is 11.5 Å². The average molecular weight is 274 g/mol. The van der Waals surface area contributed by atoms with Crippen LogP contribution in [0.1, 0.15) is 49.0 Å². The molecule has 100 valence electrons. The molecule has 1 aromatic rings. The highest BCUT2D eigenvalue weighted by molar-refractivity contribution is 7.79. The Kier molecular flexibility index (Phi) is 6.03. The van der Waals surface area contributed by atoms with Gasteiger partial charge in [0.1, 0.15) is 0 Å². The first kappa shape index (κ1) is 15.7. The van der Waals surface area contributed by atoms with Crippen molar-refractivity contribution in [3.05, 3.63) is 35.4 Å². The van der Waals surface area contributed by atoms with Crippen LogP contribution in [0.2, 0.25) is 0 Å². The highest BCUT2D eigenvalue weighted by Gasteiger charge is 2.23. The van der Waals surface area contributed by atoms with Gasteiger partial charge >= 0.3 is 0 Å². The van der Waals surface area contributed by atoms with Gasteiger partial charge in [-0.15, -0.1) is 0 Å². The molecule has 0 aliphatic rings. The van der Waals surface area contributed by atoms with Gasteiger partial charge in [0, 0.05) is 22.8 Å². The summed E-state index contributed by atoms with van der Waals surface area (Å²) in [6.07, 6.45) is 2.80. The predicted molar refractivity (Wildman–Crippen MR) is 80.4 cm³/mol. The van der Waals surface area contributed by atoms with Crippen LogP contribution >= 0.6 is 12.2 Å². The van der Waals surface area contributed by atoms with Gasteiger partial charge in [0.25, 0.3) is 0 Å². The molecular weight excluding hydrogens is 256 g/mol. The molecule has 0 N–H and O–H groups in total. The van der Waals surface area contributed by atoms with E-state index in [1.807, 2.05) is 12.1 Å². The Labute approximate surface area is 120 Å².